The maximum Gasteiger partial charge on any atom is 4.00 e. The van der Waals surface area contributed by atoms with Crippen LogP contribution in [0.1, 0.15) is 20.3 Å². The van der Waals surface area contributed by atoms with E-state index in [0.29, 0.717) is 0 Å². The average Bonchev–Trinajstić information content (AvgIpc) is 2.71. The molecule has 0 N–H and O–H groups in total. The second-order valence-corrected chi connectivity index (χ2v) is 4.25. The van der Waals surface area contributed by atoms with Crippen LogP contribution < -0.4 is 10.2 Å². The largest absolute Gasteiger partial charge is 4.00 e. The van der Waals surface area contributed by atoms with Gasteiger partial charge in [-0.3, -0.25) is 0 Å². The Labute approximate surface area is 132 Å². The number of carboxylic acid groups (broad SMARTS) is 2. The van der Waals surface area contributed by atoms with E-state index in [1.54, 1.807) is 0 Å². The molecule has 8 nitrogen and oxygen atoms in total. The number of hydrogen-bond donors (Lipinski definition) is 0. The van der Waals surface area contributed by atoms with E-state index in [4.69, 9.17) is 20.9 Å². The third kappa shape index (κ3) is 8.60. The van der Waals surface area contributed by atoms with Gasteiger partial charge >= 0.3 is 21.1 Å². The Hall–Kier alpha value is -0.532. The van der Waals surface area contributed by atoms with Gasteiger partial charge in [0.15, 0.2) is 6.29 Å². The zero-order valence-corrected chi connectivity index (χ0v) is 13.4. The second-order valence-electron chi connectivity index (χ2n) is 4.25. The van der Waals surface area contributed by atoms with Crippen LogP contribution in [0.3, 0.4) is 0 Å². The minimum atomic E-state index is -1.63. The summed E-state index contributed by atoms with van der Waals surface area (Å²) in [6.45, 7) is 3.74. The maximum atomic E-state index is 9.28. The molecule has 0 unspecified atom stereocenters. The number of aliphatic carboxylic acids is 2. The Kier molecular flexibility index (Phi) is 12.1. The summed E-state index contributed by atoms with van der Waals surface area (Å²) in [6.07, 6.45) is -2.07. The van der Waals surface area contributed by atoms with Crippen molar-refractivity contribution in [3.63, 3.8) is 0 Å². The smallest absolute Gasteiger partial charge is 0.806 e. The molecule has 1 aliphatic heterocycles. The molecule has 0 aromatic heterocycles. The van der Waals surface area contributed by atoms with E-state index in [9.17, 15) is 19.8 Å². The van der Waals surface area contributed by atoms with E-state index in [2.05, 4.69) is 0 Å². The quantitative estimate of drug-likeness (QED) is 0.441. The van der Waals surface area contributed by atoms with Crippen molar-refractivity contribution in [1.29, 1.82) is 0 Å². The first kappa shape index (κ1) is 21.8. The molecule has 0 bridgehead atoms. The van der Waals surface area contributed by atoms with E-state index in [1.807, 2.05) is 13.8 Å². The second kappa shape index (κ2) is 11.2. The normalized spacial score (nSPS) is 21.9. The summed E-state index contributed by atoms with van der Waals surface area (Å²) in [6, 6.07) is 0. The molecule has 1 rings (SSSR count). The van der Waals surface area contributed by atoms with Gasteiger partial charge in [0.05, 0.1) is 12.2 Å². The first-order valence-corrected chi connectivity index (χ1v) is 5.74. The Morgan fingerprint density at radius 1 is 1.05 bits per heavy atom. The molecular formula is C11H16N2O6Pt. The Morgan fingerprint density at radius 2 is 1.40 bits per heavy atom. The SMILES string of the molecule is CC(C)C1O[C@H](C[N-])[C@@H](C[N-])O1.O=C([O-])CC(=O)[O-].[Pt+4]. The molecule has 20 heavy (non-hydrogen) atoms. The molecule has 116 valence electrons. The van der Waals surface area contributed by atoms with Crippen LogP contribution >= 0.6 is 0 Å². The zero-order chi connectivity index (χ0) is 15.0. The number of ether oxygens (including phenoxy) is 2. The summed E-state index contributed by atoms with van der Waals surface area (Å²) in [7, 11) is 0. The van der Waals surface area contributed by atoms with Gasteiger partial charge < -0.3 is 40.7 Å². The Morgan fingerprint density at radius 3 is 1.55 bits per heavy atom. The zero-order valence-electron chi connectivity index (χ0n) is 11.1. The first-order valence-electron chi connectivity index (χ1n) is 5.74. The molecule has 1 fully saturated rings. The third-order valence-electron chi connectivity index (χ3n) is 2.23. The summed E-state index contributed by atoms with van der Waals surface area (Å²) in [5.74, 6) is -3.00. The molecule has 2 atom stereocenters. The molecule has 0 aromatic carbocycles. The topological polar surface area (TPSA) is 143 Å². The van der Waals surface area contributed by atoms with Crippen molar-refractivity contribution in [2.75, 3.05) is 13.1 Å². The third-order valence-corrected chi connectivity index (χ3v) is 2.23. The number of rotatable bonds is 5. The molecule has 1 saturated heterocycles. The van der Waals surface area contributed by atoms with Crippen LogP contribution in [-0.2, 0) is 40.1 Å². The molecule has 1 heterocycles. The monoisotopic (exact) mass is 467 g/mol. The number of nitrogens with zero attached hydrogens (tertiary/aromatic N) is 2. The predicted octanol–water partition coefficient (Wildman–Crippen LogP) is -1.70. The summed E-state index contributed by atoms with van der Waals surface area (Å²) in [5, 5.41) is 18.6. The average molecular weight is 467 g/mol. The van der Waals surface area contributed by atoms with Gasteiger partial charge in [-0.2, -0.15) is 0 Å². The van der Waals surface area contributed by atoms with Crippen molar-refractivity contribution in [3.8, 4) is 0 Å². The van der Waals surface area contributed by atoms with Crippen LogP contribution in [0, 0.1) is 5.92 Å². The Balaban J connectivity index is 0. The van der Waals surface area contributed by atoms with E-state index in [0.717, 1.165) is 0 Å². The van der Waals surface area contributed by atoms with Gasteiger partial charge in [-0.1, -0.05) is 13.8 Å². The van der Waals surface area contributed by atoms with Gasteiger partial charge in [0.1, 0.15) is 0 Å². The molecule has 0 aromatic rings. The standard InChI is InChI=1S/C8H14N2O2.C3H4O4.Pt/c1-5(2)8-11-6(3-9)7(4-10)12-8;4-2(5)1-3(6)7;/h5-8H,3-4H2,1-2H3;1H2,(H,4,5)(H,6,7);/q-2;;+4/p-2/t6-,7-;;/m1../s1. The summed E-state index contributed by atoms with van der Waals surface area (Å²) < 4.78 is 10.7. The number of hydrogen-bond acceptors (Lipinski definition) is 6. The van der Waals surface area contributed by atoms with Crippen molar-refractivity contribution in [2.24, 2.45) is 5.92 Å². The molecule has 0 aliphatic carbocycles. The van der Waals surface area contributed by atoms with Crippen molar-refractivity contribution < 1.29 is 50.3 Å². The Bertz CT molecular complexity index is 279. The minimum absolute atomic E-state index is 0. The minimum Gasteiger partial charge on any atom is -0.806 e. The molecule has 9 heteroatoms. The van der Waals surface area contributed by atoms with Gasteiger partial charge in [0, 0.05) is 24.3 Å². The van der Waals surface area contributed by atoms with Gasteiger partial charge in [0.25, 0.3) is 0 Å². The van der Waals surface area contributed by atoms with Crippen molar-refractivity contribution in [1.82, 2.24) is 0 Å². The maximum absolute atomic E-state index is 9.28. The van der Waals surface area contributed by atoms with Gasteiger partial charge in [-0.15, -0.1) is 13.1 Å². The first-order chi connectivity index (χ1) is 8.81. The van der Waals surface area contributed by atoms with Crippen LogP contribution in [0.15, 0.2) is 0 Å². The molecule has 0 amide bonds. The van der Waals surface area contributed by atoms with Gasteiger partial charge in [-0.25, -0.2) is 0 Å². The summed E-state index contributed by atoms with van der Waals surface area (Å²) in [5.41, 5.74) is 17.7. The molecule has 0 spiro atoms. The molecule has 2 radical (unpaired) electrons. The fraction of sp³-hybridized carbons (Fsp3) is 0.818. The number of carboxylic acids is 2. The molecule has 1 aliphatic rings. The van der Waals surface area contributed by atoms with Crippen LogP contribution in [0.4, 0.5) is 0 Å². The van der Waals surface area contributed by atoms with Gasteiger partial charge in [0.2, 0.25) is 0 Å². The number of carbonyl (C=O) groups is 2. The van der Waals surface area contributed by atoms with E-state index < -0.39 is 18.4 Å². The van der Waals surface area contributed by atoms with E-state index in [1.165, 1.54) is 0 Å². The molecular weight excluding hydrogens is 451 g/mol. The van der Waals surface area contributed by atoms with Crippen LogP contribution in [-0.4, -0.2) is 43.5 Å². The van der Waals surface area contributed by atoms with Crippen LogP contribution in [0.5, 0.6) is 0 Å². The fourth-order valence-corrected chi connectivity index (χ4v) is 1.31. The fourth-order valence-electron chi connectivity index (χ4n) is 1.31. The van der Waals surface area contributed by atoms with Crippen molar-refractivity contribution in [3.05, 3.63) is 11.5 Å². The molecule has 0 saturated carbocycles. The summed E-state index contributed by atoms with van der Waals surface area (Å²) >= 11 is 0. The summed E-state index contributed by atoms with van der Waals surface area (Å²) in [4.78, 5) is 18.6. The van der Waals surface area contributed by atoms with Gasteiger partial charge in [-0.05, 0) is 0 Å². The van der Waals surface area contributed by atoms with Crippen LogP contribution in [0.2, 0.25) is 0 Å². The van der Waals surface area contributed by atoms with Crippen LogP contribution in [0.25, 0.3) is 11.5 Å². The van der Waals surface area contributed by atoms with E-state index in [-0.39, 0.29) is 58.6 Å². The van der Waals surface area contributed by atoms with Crippen molar-refractivity contribution in [2.45, 2.75) is 38.8 Å². The predicted molar refractivity (Wildman–Crippen MR) is 59.5 cm³/mol. The van der Waals surface area contributed by atoms with E-state index >= 15 is 0 Å². The van der Waals surface area contributed by atoms with Crippen molar-refractivity contribution >= 4 is 11.9 Å². The number of carbonyl (C=O) groups excluding carboxylic acids is 2.